The van der Waals surface area contributed by atoms with Gasteiger partial charge >= 0.3 is 4.45 Å². The molecule has 0 aromatic rings. The predicted molar refractivity (Wildman–Crippen MR) is 51.8 cm³/mol. The number of hydrogen-bond acceptors (Lipinski definition) is 6. The van der Waals surface area contributed by atoms with Gasteiger partial charge in [0, 0.05) is 33.7 Å². The summed E-state index contributed by atoms with van der Waals surface area (Å²) in [6.45, 7) is -0.210. The Bertz CT molecular complexity index is 228. The molecule has 0 aliphatic carbocycles. The number of aliphatic hydroxyl groups excluding tert-OH is 1. The molecule has 0 aromatic carbocycles. The van der Waals surface area contributed by atoms with Crippen molar-refractivity contribution in [3.05, 3.63) is 10.1 Å². The molecule has 0 saturated carbocycles. The molecule has 0 bridgehead atoms. The Balaban J connectivity index is 2.32. The second kappa shape index (κ2) is 5.17. The molecule has 1 rings (SSSR count). The van der Waals surface area contributed by atoms with Crippen LogP contribution in [0.3, 0.4) is 0 Å². The standard InChI is InChI=1S/C7H12BrNO6/c8-7(9(12)13)3-14-6(15-4-7)2-1-5(10)11/h5-6,10-11H,1-4H2. The lowest BCUT2D eigenvalue weighted by Gasteiger charge is -2.29. The van der Waals surface area contributed by atoms with E-state index >= 15 is 0 Å². The number of nitro groups is 1. The summed E-state index contributed by atoms with van der Waals surface area (Å²) in [5.41, 5.74) is 0. The summed E-state index contributed by atoms with van der Waals surface area (Å²) in [7, 11) is 0. The summed E-state index contributed by atoms with van der Waals surface area (Å²) >= 11 is 2.92. The number of ether oxygens (including phenoxy) is 2. The molecule has 0 amide bonds. The van der Waals surface area contributed by atoms with E-state index in [0.29, 0.717) is 6.42 Å². The minimum absolute atomic E-state index is 0.105. The van der Waals surface area contributed by atoms with E-state index in [9.17, 15) is 10.1 Å². The Hall–Kier alpha value is -0.280. The lowest BCUT2D eigenvalue weighted by atomic mass is 10.2. The van der Waals surface area contributed by atoms with Gasteiger partial charge in [-0.25, -0.2) is 0 Å². The van der Waals surface area contributed by atoms with Gasteiger partial charge in [-0.3, -0.25) is 10.1 Å². The van der Waals surface area contributed by atoms with E-state index in [1.54, 1.807) is 0 Å². The Morgan fingerprint density at radius 1 is 1.53 bits per heavy atom. The maximum absolute atomic E-state index is 10.6. The van der Waals surface area contributed by atoms with Gasteiger partial charge in [-0.1, -0.05) is 0 Å². The van der Waals surface area contributed by atoms with Gasteiger partial charge in [-0.2, -0.15) is 0 Å². The highest BCUT2D eigenvalue weighted by Gasteiger charge is 2.45. The third-order valence-electron chi connectivity index (χ3n) is 1.97. The van der Waals surface area contributed by atoms with E-state index in [-0.39, 0.29) is 19.6 Å². The number of rotatable bonds is 4. The smallest absolute Gasteiger partial charge is 0.320 e. The Labute approximate surface area is 94.3 Å². The molecule has 1 aliphatic heterocycles. The number of hydrogen-bond donors (Lipinski definition) is 2. The van der Waals surface area contributed by atoms with E-state index in [2.05, 4.69) is 15.9 Å². The average molecular weight is 286 g/mol. The van der Waals surface area contributed by atoms with Crippen molar-refractivity contribution in [2.75, 3.05) is 13.2 Å². The SMILES string of the molecule is O=[N+]([O-])C1(Br)COC(CCC(O)O)OC1. The molecule has 0 spiro atoms. The molecule has 1 aliphatic rings. The molecular weight excluding hydrogens is 274 g/mol. The monoisotopic (exact) mass is 285 g/mol. The van der Waals surface area contributed by atoms with Gasteiger partial charge < -0.3 is 19.7 Å². The Morgan fingerprint density at radius 3 is 2.47 bits per heavy atom. The van der Waals surface area contributed by atoms with Crippen LogP contribution < -0.4 is 0 Å². The molecule has 2 N–H and O–H groups in total. The first-order valence-corrected chi connectivity index (χ1v) is 5.16. The quantitative estimate of drug-likeness (QED) is 0.244. The third kappa shape index (κ3) is 3.65. The van der Waals surface area contributed by atoms with Crippen molar-refractivity contribution in [3.63, 3.8) is 0 Å². The van der Waals surface area contributed by atoms with E-state index in [4.69, 9.17) is 19.7 Å². The molecule has 1 heterocycles. The summed E-state index contributed by atoms with van der Waals surface area (Å²) < 4.78 is 8.76. The second-order valence-electron chi connectivity index (χ2n) is 3.28. The van der Waals surface area contributed by atoms with Gasteiger partial charge in [0.25, 0.3) is 0 Å². The largest absolute Gasteiger partial charge is 0.368 e. The fourth-order valence-corrected chi connectivity index (χ4v) is 1.35. The van der Waals surface area contributed by atoms with Crippen molar-refractivity contribution in [1.82, 2.24) is 0 Å². The molecule has 1 fully saturated rings. The lowest BCUT2D eigenvalue weighted by Crippen LogP contribution is -2.48. The van der Waals surface area contributed by atoms with Gasteiger partial charge in [-0.05, 0) is 0 Å². The molecule has 0 unspecified atom stereocenters. The zero-order valence-corrected chi connectivity index (χ0v) is 9.42. The summed E-state index contributed by atoms with van der Waals surface area (Å²) in [5.74, 6) is 0. The zero-order valence-electron chi connectivity index (χ0n) is 7.84. The first-order valence-electron chi connectivity index (χ1n) is 4.37. The van der Waals surface area contributed by atoms with Crippen LogP contribution in [0.4, 0.5) is 0 Å². The molecule has 88 valence electrons. The predicted octanol–water partition coefficient (Wildman–Crippen LogP) is -0.182. The van der Waals surface area contributed by atoms with Crippen molar-refractivity contribution in [2.24, 2.45) is 0 Å². The number of aliphatic hydroxyl groups is 2. The van der Waals surface area contributed by atoms with Crippen LogP contribution in [-0.2, 0) is 9.47 Å². The minimum Gasteiger partial charge on any atom is -0.368 e. The van der Waals surface area contributed by atoms with Crippen LogP contribution in [0.1, 0.15) is 12.8 Å². The summed E-state index contributed by atoms with van der Waals surface area (Å²) in [6, 6.07) is 0. The normalized spacial score (nSPS) is 31.9. The van der Waals surface area contributed by atoms with Crippen LogP contribution in [0.5, 0.6) is 0 Å². The molecule has 15 heavy (non-hydrogen) atoms. The molecule has 0 aromatic heterocycles. The molecule has 1 saturated heterocycles. The fraction of sp³-hybridized carbons (Fsp3) is 1.00. The third-order valence-corrected chi connectivity index (χ3v) is 2.72. The summed E-state index contributed by atoms with van der Waals surface area (Å²) in [6.07, 6.45) is -1.63. The topological polar surface area (TPSA) is 102 Å². The van der Waals surface area contributed by atoms with Crippen molar-refractivity contribution in [2.45, 2.75) is 29.9 Å². The summed E-state index contributed by atoms with van der Waals surface area (Å²) in [4.78, 5) is 10.1. The number of alkyl halides is 1. The average Bonchev–Trinajstić information content (AvgIpc) is 2.16. The number of nitrogens with zero attached hydrogens (tertiary/aromatic N) is 1. The van der Waals surface area contributed by atoms with Gasteiger partial charge in [0.05, 0.1) is 0 Å². The zero-order chi connectivity index (χ0) is 11.5. The van der Waals surface area contributed by atoms with Gasteiger partial charge in [0.1, 0.15) is 13.2 Å². The molecule has 8 heteroatoms. The van der Waals surface area contributed by atoms with Crippen LogP contribution in [0, 0.1) is 10.1 Å². The van der Waals surface area contributed by atoms with E-state index in [1.165, 1.54) is 0 Å². The first kappa shape index (κ1) is 12.8. The molecule has 7 nitrogen and oxygen atoms in total. The van der Waals surface area contributed by atoms with E-state index < -0.39 is 22.0 Å². The lowest BCUT2D eigenvalue weighted by molar-refractivity contribution is -0.556. The van der Waals surface area contributed by atoms with Crippen LogP contribution >= 0.6 is 15.9 Å². The second-order valence-corrected chi connectivity index (χ2v) is 4.76. The highest BCUT2D eigenvalue weighted by Crippen LogP contribution is 2.26. The summed E-state index contributed by atoms with van der Waals surface area (Å²) in [5, 5.41) is 27.8. The van der Waals surface area contributed by atoms with Gasteiger partial charge in [0.2, 0.25) is 0 Å². The van der Waals surface area contributed by atoms with Crippen LogP contribution in [-0.4, -0.2) is 45.4 Å². The molecule has 0 radical (unpaired) electrons. The van der Waals surface area contributed by atoms with Crippen LogP contribution in [0.2, 0.25) is 0 Å². The Morgan fingerprint density at radius 2 is 2.07 bits per heavy atom. The van der Waals surface area contributed by atoms with Gasteiger partial charge in [0.15, 0.2) is 12.6 Å². The van der Waals surface area contributed by atoms with Crippen molar-refractivity contribution < 1.29 is 24.6 Å². The van der Waals surface area contributed by atoms with Crippen molar-refractivity contribution in [3.8, 4) is 0 Å². The number of halogens is 1. The van der Waals surface area contributed by atoms with E-state index in [0.717, 1.165) is 0 Å². The van der Waals surface area contributed by atoms with Crippen molar-refractivity contribution in [1.29, 1.82) is 0 Å². The molecular formula is C7H12BrNO6. The van der Waals surface area contributed by atoms with Crippen LogP contribution in [0.25, 0.3) is 0 Å². The highest BCUT2D eigenvalue weighted by atomic mass is 79.9. The first-order chi connectivity index (χ1) is 6.94. The Kier molecular flexibility index (Phi) is 4.41. The van der Waals surface area contributed by atoms with Crippen LogP contribution in [0.15, 0.2) is 0 Å². The van der Waals surface area contributed by atoms with E-state index in [1.807, 2.05) is 0 Å². The van der Waals surface area contributed by atoms with Crippen molar-refractivity contribution >= 4 is 15.9 Å². The van der Waals surface area contributed by atoms with Gasteiger partial charge in [-0.15, -0.1) is 0 Å². The fourth-order valence-electron chi connectivity index (χ4n) is 1.09. The minimum atomic E-state index is -1.41. The highest BCUT2D eigenvalue weighted by molar-refractivity contribution is 9.10. The maximum Gasteiger partial charge on any atom is 0.320 e. The maximum atomic E-state index is 10.6. The molecule has 0 atom stereocenters.